The maximum atomic E-state index is 5.28. The van der Waals surface area contributed by atoms with Crippen molar-refractivity contribution in [2.75, 3.05) is 7.11 Å². The number of rotatable bonds is 7. The van der Waals surface area contributed by atoms with Gasteiger partial charge in [-0.2, -0.15) is 0 Å². The first kappa shape index (κ1) is 14.9. The summed E-state index contributed by atoms with van der Waals surface area (Å²) in [6.45, 7) is 8.40. The molecule has 4 heteroatoms. The molecule has 0 saturated heterocycles. The van der Waals surface area contributed by atoms with E-state index in [1.54, 1.807) is 7.11 Å². The van der Waals surface area contributed by atoms with E-state index in [1.165, 1.54) is 5.52 Å². The lowest BCUT2D eigenvalue weighted by molar-refractivity contribution is 0.415. The second kappa shape index (κ2) is 6.75. The van der Waals surface area contributed by atoms with E-state index in [0.29, 0.717) is 6.04 Å². The van der Waals surface area contributed by atoms with Gasteiger partial charge in [0.2, 0.25) is 0 Å². The Hall–Kier alpha value is -1.55. The molecule has 0 aliphatic carbocycles. The van der Waals surface area contributed by atoms with Gasteiger partial charge in [-0.1, -0.05) is 13.8 Å². The van der Waals surface area contributed by atoms with Crippen LogP contribution in [0, 0.1) is 0 Å². The third-order valence-electron chi connectivity index (χ3n) is 3.70. The Labute approximate surface area is 121 Å². The van der Waals surface area contributed by atoms with Crippen LogP contribution in [0.4, 0.5) is 0 Å². The van der Waals surface area contributed by atoms with E-state index in [9.17, 15) is 0 Å². The van der Waals surface area contributed by atoms with Crippen LogP contribution in [0.15, 0.2) is 18.2 Å². The molecule has 0 aliphatic heterocycles. The standard InChI is InChI=1S/C16H25N3O/c1-5-9-19-15-8-7-13(20-4)10-14(15)18-16(19)11-17-12(3)6-2/h7-8,10,12,17H,5-6,9,11H2,1-4H3. The van der Waals surface area contributed by atoms with Gasteiger partial charge in [-0.3, -0.25) is 0 Å². The van der Waals surface area contributed by atoms with Crippen molar-refractivity contribution in [1.29, 1.82) is 0 Å². The average molecular weight is 275 g/mol. The Morgan fingerprint density at radius 1 is 1.35 bits per heavy atom. The molecule has 0 saturated carbocycles. The Bertz CT molecular complexity index is 562. The summed E-state index contributed by atoms with van der Waals surface area (Å²) in [7, 11) is 1.69. The quantitative estimate of drug-likeness (QED) is 0.842. The van der Waals surface area contributed by atoms with E-state index >= 15 is 0 Å². The second-order valence-electron chi connectivity index (χ2n) is 5.22. The molecule has 1 aromatic carbocycles. The number of hydrogen-bond donors (Lipinski definition) is 1. The fraction of sp³-hybridized carbons (Fsp3) is 0.562. The minimum atomic E-state index is 0.513. The van der Waals surface area contributed by atoms with Crippen LogP contribution in [-0.4, -0.2) is 22.7 Å². The Morgan fingerprint density at radius 3 is 2.80 bits per heavy atom. The number of hydrogen-bond acceptors (Lipinski definition) is 3. The Morgan fingerprint density at radius 2 is 2.15 bits per heavy atom. The summed E-state index contributed by atoms with van der Waals surface area (Å²) in [4.78, 5) is 4.77. The maximum Gasteiger partial charge on any atom is 0.123 e. The van der Waals surface area contributed by atoms with Crippen molar-refractivity contribution in [3.63, 3.8) is 0 Å². The third kappa shape index (κ3) is 3.12. The number of nitrogens with zero attached hydrogens (tertiary/aromatic N) is 2. The fourth-order valence-corrected chi connectivity index (χ4v) is 2.30. The maximum absolute atomic E-state index is 5.28. The number of aromatic nitrogens is 2. The summed E-state index contributed by atoms with van der Waals surface area (Å²) in [5, 5.41) is 3.52. The molecule has 0 bridgehead atoms. The first-order valence-electron chi connectivity index (χ1n) is 7.46. The van der Waals surface area contributed by atoms with Gasteiger partial charge in [-0.15, -0.1) is 0 Å². The van der Waals surface area contributed by atoms with Crippen LogP contribution in [0.2, 0.25) is 0 Å². The number of methoxy groups -OCH3 is 1. The molecule has 110 valence electrons. The highest BCUT2D eigenvalue weighted by atomic mass is 16.5. The molecule has 0 amide bonds. The van der Waals surface area contributed by atoms with Crippen LogP contribution in [0.25, 0.3) is 11.0 Å². The van der Waals surface area contributed by atoms with E-state index in [4.69, 9.17) is 9.72 Å². The van der Waals surface area contributed by atoms with Gasteiger partial charge in [0, 0.05) is 18.7 Å². The summed E-state index contributed by atoms with van der Waals surface area (Å²) >= 11 is 0. The highest BCUT2D eigenvalue weighted by Gasteiger charge is 2.11. The zero-order valence-corrected chi connectivity index (χ0v) is 12.9. The van der Waals surface area contributed by atoms with Crippen molar-refractivity contribution in [1.82, 2.24) is 14.9 Å². The molecule has 4 nitrogen and oxygen atoms in total. The second-order valence-corrected chi connectivity index (χ2v) is 5.22. The van der Waals surface area contributed by atoms with Crippen LogP contribution in [0.5, 0.6) is 5.75 Å². The molecule has 2 aromatic rings. The van der Waals surface area contributed by atoms with Gasteiger partial charge in [0.15, 0.2) is 0 Å². The van der Waals surface area contributed by atoms with Crippen molar-refractivity contribution in [3.8, 4) is 5.75 Å². The monoisotopic (exact) mass is 275 g/mol. The molecule has 0 spiro atoms. The molecule has 1 atom stereocenters. The van der Waals surface area contributed by atoms with E-state index in [1.807, 2.05) is 12.1 Å². The minimum absolute atomic E-state index is 0.513. The van der Waals surface area contributed by atoms with Gasteiger partial charge < -0.3 is 14.6 Å². The van der Waals surface area contributed by atoms with Crippen LogP contribution in [-0.2, 0) is 13.1 Å². The minimum Gasteiger partial charge on any atom is -0.497 e. The number of aryl methyl sites for hydroxylation is 1. The Balaban J connectivity index is 2.33. The van der Waals surface area contributed by atoms with Gasteiger partial charge >= 0.3 is 0 Å². The first-order valence-corrected chi connectivity index (χ1v) is 7.46. The molecular formula is C16H25N3O. The lowest BCUT2D eigenvalue weighted by Crippen LogP contribution is -2.26. The lowest BCUT2D eigenvalue weighted by atomic mass is 10.2. The first-order chi connectivity index (χ1) is 9.69. The van der Waals surface area contributed by atoms with Gasteiger partial charge in [-0.25, -0.2) is 4.98 Å². The van der Waals surface area contributed by atoms with Crippen molar-refractivity contribution in [2.45, 2.75) is 52.7 Å². The highest BCUT2D eigenvalue weighted by molar-refractivity contribution is 5.77. The Kier molecular flexibility index (Phi) is 5.01. The zero-order chi connectivity index (χ0) is 14.5. The molecule has 0 fully saturated rings. The summed E-state index contributed by atoms with van der Waals surface area (Å²) in [5.74, 6) is 1.97. The third-order valence-corrected chi connectivity index (χ3v) is 3.70. The van der Waals surface area contributed by atoms with Crippen LogP contribution in [0.3, 0.4) is 0 Å². The number of nitrogens with one attached hydrogen (secondary N) is 1. The van der Waals surface area contributed by atoms with Crippen molar-refractivity contribution in [3.05, 3.63) is 24.0 Å². The predicted octanol–water partition coefficient (Wildman–Crippen LogP) is 3.34. The molecule has 2 rings (SSSR count). The van der Waals surface area contributed by atoms with Crippen LogP contribution in [0.1, 0.15) is 39.4 Å². The number of fused-ring (bicyclic) bond motifs is 1. The van der Waals surface area contributed by atoms with Crippen molar-refractivity contribution >= 4 is 11.0 Å². The van der Waals surface area contributed by atoms with Crippen LogP contribution >= 0.6 is 0 Å². The number of ether oxygens (including phenoxy) is 1. The van der Waals surface area contributed by atoms with Gasteiger partial charge in [-0.05, 0) is 31.9 Å². The highest BCUT2D eigenvalue weighted by Crippen LogP contribution is 2.22. The van der Waals surface area contributed by atoms with Crippen molar-refractivity contribution < 1.29 is 4.74 Å². The summed E-state index contributed by atoms with van der Waals surface area (Å²) in [6, 6.07) is 6.62. The molecule has 1 aromatic heterocycles. The lowest BCUT2D eigenvalue weighted by Gasteiger charge is -2.12. The molecule has 1 heterocycles. The predicted molar refractivity (Wildman–Crippen MR) is 83.2 cm³/mol. The van der Waals surface area contributed by atoms with Crippen molar-refractivity contribution in [2.24, 2.45) is 0 Å². The smallest absolute Gasteiger partial charge is 0.123 e. The largest absolute Gasteiger partial charge is 0.497 e. The summed E-state index contributed by atoms with van der Waals surface area (Å²) < 4.78 is 7.59. The zero-order valence-electron chi connectivity index (χ0n) is 12.9. The van der Waals surface area contributed by atoms with Gasteiger partial charge in [0.1, 0.15) is 11.6 Å². The van der Waals surface area contributed by atoms with E-state index in [2.05, 4.69) is 36.7 Å². The van der Waals surface area contributed by atoms with Gasteiger partial charge in [0.05, 0.1) is 24.7 Å². The topological polar surface area (TPSA) is 39.1 Å². The fourth-order valence-electron chi connectivity index (χ4n) is 2.30. The van der Waals surface area contributed by atoms with E-state index in [-0.39, 0.29) is 0 Å². The van der Waals surface area contributed by atoms with E-state index in [0.717, 1.165) is 43.0 Å². The van der Waals surface area contributed by atoms with Gasteiger partial charge in [0.25, 0.3) is 0 Å². The molecular weight excluding hydrogens is 250 g/mol. The number of benzene rings is 1. The normalized spacial score (nSPS) is 12.8. The summed E-state index contributed by atoms with van der Waals surface area (Å²) in [5.41, 5.74) is 2.20. The summed E-state index contributed by atoms with van der Waals surface area (Å²) in [6.07, 6.45) is 2.23. The molecule has 1 unspecified atom stereocenters. The van der Waals surface area contributed by atoms with E-state index < -0.39 is 0 Å². The average Bonchev–Trinajstić information content (AvgIpc) is 2.82. The van der Waals surface area contributed by atoms with Crippen LogP contribution < -0.4 is 10.1 Å². The SMILES string of the molecule is CCCn1c(CNC(C)CC)nc2cc(OC)ccc21. The molecule has 20 heavy (non-hydrogen) atoms. The molecule has 1 N–H and O–H groups in total. The number of imidazole rings is 1. The molecule has 0 aliphatic rings. The molecule has 0 radical (unpaired) electrons.